The molecule has 0 radical (unpaired) electrons. The highest BCUT2D eigenvalue weighted by Gasteiger charge is 2.05. The molecule has 0 aliphatic carbocycles. The second kappa shape index (κ2) is 4.71. The molecule has 0 fully saturated rings. The summed E-state index contributed by atoms with van der Waals surface area (Å²) in [6.07, 6.45) is 0. The van der Waals surface area contributed by atoms with Crippen molar-refractivity contribution in [1.29, 1.82) is 5.26 Å². The van der Waals surface area contributed by atoms with E-state index in [9.17, 15) is 0 Å². The molecule has 0 saturated carbocycles. The molecule has 0 aliphatic heterocycles. The van der Waals surface area contributed by atoms with E-state index in [2.05, 4.69) is 10.2 Å². The summed E-state index contributed by atoms with van der Waals surface area (Å²) in [5, 5.41) is 15.4. The van der Waals surface area contributed by atoms with Gasteiger partial charge in [-0.25, -0.2) is 0 Å². The van der Waals surface area contributed by atoms with Gasteiger partial charge in [0.05, 0.1) is 12.3 Å². The van der Waals surface area contributed by atoms with Gasteiger partial charge in [-0.05, 0) is 37.6 Å². The number of hydrogen-bond acceptors (Lipinski definition) is 3. The quantitative estimate of drug-likeness (QED) is 0.876. The van der Waals surface area contributed by atoms with Crippen LogP contribution in [0.3, 0.4) is 0 Å². The maximum atomic E-state index is 8.71. The molecular weight excluding hydrogens is 214 g/mol. The molecule has 0 saturated heterocycles. The van der Waals surface area contributed by atoms with Crippen LogP contribution in [0.4, 0.5) is 0 Å². The fourth-order valence-corrected chi connectivity index (χ4v) is 1.66. The molecule has 1 aromatic heterocycles. The monoisotopic (exact) mass is 227 g/mol. The molecule has 1 aromatic carbocycles. The molecule has 4 nitrogen and oxygen atoms in total. The first kappa shape index (κ1) is 11.2. The molecule has 1 heterocycles. The van der Waals surface area contributed by atoms with Gasteiger partial charge in [0.25, 0.3) is 0 Å². The summed E-state index contributed by atoms with van der Waals surface area (Å²) in [6, 6.07) is 9.62. The molecule has 2 aromatic rings. The molecule has 0 spiro atoms. The lowest BCUT2D eigenvalue weighted by Crippen LogP contribution is -1.94. The SMILES string of the molecule is CCOc1ccc(-c2cc(C#N)n[nH]2)cc1C. The third kappa shape index (κ3) is 2.28. The summed E-state index contributed by atoms with van der Waals surface area (Å²) in [7, 11) is 0. The van der Waals surface area contributed by atoms with Gasteiger partial charge < -0.3 is 4.74 Å². The summed E-state index contributed by atoms with van der Waals surface area (Å²) in [5.74, 6) is 0.885. The molecule has 86 valence electrons. The highest BCUT2D eigenvalue weighted by atomic mass is 16.5. The molecule has 2 rings (SSSR count). The number of nitrogens with one attached hydrogen (secondary N) is 1. The van der Waals surface area contributed by atoms with Crippen LogP contribution in [-0.2, 0) is 0 Å². The third-order valence-corrected chi connectivity index (χ3v) is 2.48. The van der Waals surface area contributed by atoms with E-state index in [4.69, 9.17) is 10.00 Å². The third-order valence-electron chi connectivity index (χ3n) is 2.48. The van der Waals surface area contributed by atoms with Crippen molar-refractivity contribution >= 4 is 0 Å². The topological polar surface area (TPSA) is 61.7 Å². The van der Waals surface area contributed by atoms with E-state index in [1.165, 1.54) is 0 Å². The number of H-pyrrole nitrogens is 1. The van der Waals surface area contributed by atoms with Gasteiger partial charge in [0.1, 0.15) is 11.8 Å². The zero-order chi connectivity index (χ0) is 12.3. The van der Waals surface area contributed by atoms with E-state index >= 15 is 0 Å². The first-order valence-electron chi connectivity index (χ1n) is 5.44. The van der Waals surface area contributed by atoms with Crippen LogP contribution in [0.1, 0.15) is 18.2 Å². The Bertz CT molecular complexity index is 566. The van der Waals surface area contributed by atoms with Crippen LogP contribution < -0.4 is 4.74 Å². The number of rotatable bonds is 3. The fraction of sp³-hybridized carbons (Fsp3) is 0.231. The number of ether oxygens (including phenoxy) is 1. The van der Waals surface area contributed by atoms with Gasteiger partial charge in [0, 0.05) is 11.6 Å². The van der Waals surface area contributed by atoms with Gasteiger partial charge in [-0.2, -0.15) is 10.4 Å². The normalized spacial score (nSPS) is 9.94. The maximum Gasteiger partial charge on any atom is 0.162 e. The fourth-order valence-electron chi connectivity index (χ4n) is 1.66. The van der Waals surface area contributed by atoms with E-state index in [0.29, 0.717) is 12.3 Å². The van der Waals surface area contributed by atoms with Crippen LogP contribution in [0.2, 0.25) is 0 Å². The van der Waals surface area contributed by atoms with Crippen molar-refractivity contribution in [1.82, 2.24) is 10.2 Å². The van der Waals surface area contributed by atoms with E-state index in [1.807, 2.05) is 38.1 Å². The minimum absolute atomic E-state index is 0.395. The molecule has 17 heavy (non-hydrogen) atoms. The first-order chi connectivity index (χ1) is 8.24. The van der Waals surface area contributed by atoms with Crippen molar-refractivity contribution in [2.24, 2.45) is 0 Å². The average molecular weight is 227 g/mol. The standard InChI is InChI=1S/C13H13N3O/c1-3-17-13-5-4-10(6-9(13)2)12-7-11(8-14)15-16-12/h4-7H,3H2,1-2H3,(H,15,16). The lowest BCUT2D eigenvalue weighted by Gasteiger charge is -2.07. The molecule has 0 aliphatic rings. The van der Waals surface area contributed by atoms with Gasteiger partial charge in [-0.1, -0.05) is 0 Å². The van der Waals surface area contributed by atoms with Gasteiger partial charge in [0.15, 0.2) is 5.69 Å². The van der Waals surface area contributed by atoms with Crippen LogP contribution in [0.15, 0.2) is 24.3 Å². The molecule has 0 amide bonds. The lowest BCUT2D eigenvalue weighted by atomic mass is 10.1. The Hall–Kier alpha value is -2.28. The van der Waals surface area contributed by atoms with Crippen LogP contribution >= 0.6 is 0 Å². The number of hydrogen-bond donors (Lipinski definition) is 1. The predicted molar refractivity (Wildman–Crippen MR) is 64.6 cm³/mol. The smallest absolute Gasteiger partial charge is 0.162 e. The summed E-state index contributed by atoms with van der Waals surface area (Å²) < 4.78 is 5.48. The van der Waals surface area contributed by atoms with Gasteiger partial charge in [-0.3, -0.25) is 5.10 Å². The van der Waals surface area contributed by atoms with Crippen LogP contribution in [0.5, 0.6) is 5.75 Å². The number of aryl methyl sites for hydroxylation is 1. The number of nitrogens with zero attached hydrogens (tertiary/aromatic N) is 2. The van der Waals surface area contributed by atoms with Gasteiger partial charge in [-0.15, -0.1) is 0 Å². The summed E-state index contributed by atoms with van der Waals surface area (Å²) in [6.45, 7) is 4.61. The second-order valence-corrected chi connectivity index (χ2v) is 3.69. The molecular formula is C13H13N3O. The molecule has 1 N–H and O–H groups in total. The largest absolute Gasteiger partial charge is 0.494 e. The highest BCUT2D eigenvalue weighted by Crippen LogP contribution is 2.25. The van der Waals surface area contributed by atoms with E-state index in [-0.39, 0.29) is 0 Å². The highest BCUT2D eigenvalue weighted by molar-refractivity contribution is 5.62. The number of benzene rings is 1. The second-order valence-electron chi connectivity index (χ2n) is 3.69. The Morgan fingerprint density at radius 3 is 2.82 bits per heavy atom. The van der Waals surface area contributed by atoms with Crippen LogP contribution in [-0.4, -0.2) is 16.8 Å². The average Bonchev–Trinajstić information content (AvgIpc) is 2.80. The minimum Gasteiger partial charge on any atom is -0.494 e. The Kier molecular flexibility index (Phi) is 3.10. The molecule has 0 atom stereocenters. The molecule has 4 heteroatoms. The van der Waals surface area contributed by atoms with Crippen molar-refractivity contribution < 1.29 is 4.74 Å². The summed E-state index contributed by atoms with van der Waals surface area (Å²) in [5.41, 5.74) is 3.30. The van der Waals surface area contributed by atoms with Crippen molar-refractivity contribution in [3.8, 4) is 23.1 Å². The molecule has 0 unspecified atom stereocenters. The van der Waals surface area contributed by atoms with E-state index in [0.717, 1.165) is 22.6 Å². The summed E-state index contributed by atoms with van der Waals surface area (Å²) >= 11 is 0. The Labute approximate surface area is 99.9 Å². The Balaban J connectivity index is 2.34. The van der Waals surface area contributed by atoms with Gasteiger partial charge in [0.2, 0.25) is 0 Å². The maximum absolute atomic E-state index is 8.71. The lowest BCUT2D eigenvalue weighted by molar-refractivity contribution is 0.338. The van der Waals surface area contributed by atoms with Gasteiger partial charge >= 0.3 is 0 Å². The Morgan fingerprint density at radius 1 is 1.41 bits per heavy atom. The number of aromatic amines is 1. The number of aromatic nitrogens is 2. The first-order valence-corrected chi connectivity index (χ1v) is 5.44. The molecule has 0 bridgehead atoms. The minimum atomic E-state index is 0.395. The van der Waals surface area contributed by atoms with E-state index < -0.39 is 0 Å². The zero-order valence-corrected chi connectivity index (χ0v) is 9.82. The predicted octanol–water partition coefficient (Wildman–Crippen LogP) is 2.66. The van der Waals surface area contributed by atoms with Crippen LogP contribution in [0.25, 0.3) is 11.3 Å². The summed E-state index contributed by atoms with van der Waals surface area (Å²) in [4.78, 5) is 0. The van der Waals surface area contributed by atoms with Crippen LogP contribution in [0, 0.1) is 18.3 Å². The number of nitriles is 1. The zero-order valence-electron chi connectivity index (χ0n) is 9.82. The Morgan fingerprint density at radius 2 is 2.24 bits per heavy atom. The van der Waals surface area contributed by atoms with Crippen molar-refractivity contribution in [3.63, 3.8) is 0 Å². The van der Waals surface area contributed by atoms with Crippen molar-refractivity contribution in [2.45, 2.75) is 13.8 Å². The van der Waals surface area contributed by atoms with E-state index in [1.54, 1.807) is 6.07 Å². The van der Waals surface area contributed by atoms with Crippen molar-refractivity contribution in [3.05, 3.63) is 35.5 Å². The van der Waals surface area contributed by atoms with Crippen molar-refractivity contribution in [2.75, 3.05) is 6.61 Å².